The van der Waals surface area contributed by atoms with Crippen LogP contribution in [0.25, 0.3) is 0 Å². The zero-order valence-corrected chi connectivity index (χ0v) is 25.8. The first-order valence-corrected chi connectivity index (χ1v) is 15.0. The highest BCUT2D eigenvalue weighted by molar-refractivity contribution is 5.98. The molecular formula is C31H58N2O4. The maximum Gasteiger partial charge on any atom is 0.321 e. The van der Waals surface area contributed by atoms with E-state index in [4.69, 9.17) is 0 Å². The predicted molar refractivity (Wildman–Crippen MR) is 152 cm³/mol. The molecule has 2 fully saturated rings. The van der Waals surface area contributed by atoms with E-state index >= 15 is 0 Å². The van der Waals surface area contributed by atoms with Crippen molar-refractivity contribution in [3.8, 4) is 0 Å². The molecule has 0 aliphatic carbocycles. The lowest BCUT2D eigenvalue weighted by molar-refractivity contribution is -0.169. The van der Waals surface area contributed by atoms with Crippen LogP contribution >= 0.6 is 0 Å². The van der Waals surface area contributed by atoms with Gasteiger partial charge in [-0.15, -0.1) is 0 Å². The van der Waals surface area contributed by atoms with E-state index in [0.29, 0.717) is 11.8 Å². The van der Waals surface area contributed by atoms with Gasteiger partial charge in [0.1, 0.15) is 0 Å². The van der Waals surface area contributed by atoms with Crippen molar-refractivity contribution in [3.63, 3.8) is 0 Å². The molecule has 4 N–H and O–H groups in total. The first-order chi connectivity index (χ1) is 17.0. The Hall–Kier alpha value is -1.14. The minimum atomic E-state index is -1.77. The summed E-state index contributed by atoms with van der Waals surface area (Å²) in [6.07, 6.45) is 6.08. The van der Waals surface area contributed by atoms with Crippen LogP contribution in [0.2, 0.25) is 0 Å². The van der Waals surface area contributed by atoms with Gasteiger partial charge < -0.3 is 20.8 Å². The smallest absolute Gasteiger partial charge is 0.321 e. The number of rotatable bonds is 11. The summed E-state index contributed by atoms with van der Waals surface area (Å²) in [7, 11) is 0. The molecule has 6 nitrogen and oxygen atoms in total. The molecule has 0 radical (unpaired) electrons. The molecule has 2 aliphatic rings. The van der Waals surface area contributed by atoms with Gasteiger partial charge in [0.25, 0.3) is 0 Å². The normalized spacial score (nSPS) is 41.8. The fourth-order valence-corrected chi connectivity index (χ4v) is 8.11. The van der Waals surface area contributed by atoms with Crippen molar-refractivity contribution in [2.75, 3.05) is 0 Å². The minimum Gasteiger partial charge on any atom is -0.480 e. The lowest BCUT2D eigenvalue weighted by Gasteiger charge is -2.60. The molecule has 0 aromatic carbocycles. The maximum absolute atomic E-state index is 12.7. The molecule has 0 bridgehead atoms. The van der Waals surface area contributed by atoms with Crippen LogP contribution in [0.5, 0.6) is 0 Å². The summed E-state index contributed by atoms with van der Waals surface area (Å²) < 4.78 is 0. The maximum atomic E-state index is 12.7. The van der Waals surface area contributed by atoms with Gasteiger partial charge in [-0.2, -0.15) is 0 Å². The topological polar surface area (TPSA) is 98.7 Å². The number of piperidine rings is 2. The molecule has 0 aromatic rings. The highest BCUT2D eigenvalue weighted by atomic mass is 16.4. The summed E-state index contributed by atoms with van der Waals surface area (Å²) in [6, 6.07) is 0. The van der Waals surface area contributed by atoms with Gasteiger partial charge in [-0.25, -0.2) is 0 Å². The van der Waals surface area contributed by atoms with Gasteiger partial charge in [0.15, 0.2) is 5.41 Å². The van der Waals surface area contributed by atoms with Gasteiger partial charge in [-0.1, -0.05) is 48.5 Å². The van der Waals surface area contributed by atoms with Crippen molar-refractivity contribution in [2.45, 2.75) is 150 Å². The van der Waals surface area contributed by atoms with E-state index in [1.165, 1.54) is 0 Å². The lowest BCUT2D eigenvalue weighted by Crippen LogP contribution is -2.68. The second kappa shape index (κ2) is 11.2. The van der Waals surface area contributed by atoms with Crippen molar-refractivity contribution in [1.29, 1.82) is 0 Å². The zero-order chi connectivity index (χ0) is 28.6. The quantitative estimate of drug-likeness (QED) is 0.225. The van der Waals surface area contributed by atoms with E-state index in [1.54, 1.807) is 6.92 Å². The van der Waals surface area contributed by atoms with Crippen LogP contribution in [0.1, 0.15) is 128 Å². The third-order valence-corrected chi connectivity index (χ3v) is 12.0. The molecule has 0 aromatic heterocycles. The van der Waals surface area contributed by atoms with Crippen molar-refractivity contribution >= 4 is 11.9 Å². The summed E-state index contributed by atoms with van der Waals surface area (Å²) >= 11 is 0. The van der Waals surface area contributed by atoms with Crippen LogP contribution in [-0.4, -0.2) is 44.3 Å². The Bertz CT molecular complexity index is 772. The number of hydrogen-bond acceptors (Lipinski definition) is 4. The van der Waals surface area contributed by atoms with Crippen molar-refractivity contribution in [2.24, 2.45) is 35.0 Å². The van der Waals surface area contributed by atoms with Crippen molar-refractivity contribution in [3.05, 3.63) is 0 Å². The first kappa shape index (κ1) is 32.1. The molecule has 2 rings (SSSR count). The van der Waals surface area contributed by atoms with Crippen LogP contribution in [-0.2, 0) is 9.59 Å². The third kappa shape index (κ3) is 5.76. The highest BCUT2D eigenvalue weighted by Gasteiger charge is 2.57. The molecule has 2 aliphatic heterocycles. The molecule has 0 spiro atoms. The number of aliphatic carboxylic acids is 2. The third-order valence-electron chi connectivity index (χ3n) is 12.0. The molecule has 8 unspecified atom stereocenters. The number of carboxylic acid groups (broad SMARTS) is 2. The summed E-state index contributed by atoms with van der Waals surface area (Å²) in [5.74, 6) is -1.34. The highest BCUT2D eigenvalue weighted by Crippen LogP contribution is 2.55. The van der Waals surface area contributed by atoms with Crippen LogP contribution in [0, 0.1) is 35.0 Å². The fourth-order valence-electron chi connectivity index (χ4n) is 8.11. The second-order valence-corrected chi connectivity index (χ2v) is 13.8. The molecule has 216 valence electrons. The largest absolute Gasteiger partial charge is 0.480 e. The van der Waals surface area contributed by atoms with Crippen molar-refractivity contribution in [1.82, 2.24) is 10.6 Å². The Labute approximate surface area is 227 Å². The lowest BCUT2D eigenvalue weighted by atomic mass is 9.52. The van der Waals surface area contributed by atoms with E-state index in [9.17, 15) is 19.8 Å². The molecule has 2 heterocycles. The number of carboxylic acids is 2. The fraction of sp³-hybridized carbons (Fsp3) is 0.935. The molecule has 0 saturated carbocycles. The summed E-state index contributed by atoms with van der Waals surface area (Å²) in [5, 5.41) is 28.7. The predicted octanol–water partition coefficient (Wildman–Crippen LogP) is 6.72. The Kier molecular flexibility index (Phi) is 9.67. The summed E-state index contributed by atoms with van der Waals surface area (Å²) in [4.78, 5) is 25.4. The Morgan fingerprint density at radius 1 is 0.757 bits per heavy atom. The van der Waals surface area contributed by atoms with Gasteiger partial charge in [0.2, 0.25) is 0 Å². The Balaban J connectivity index is 2.79. The molecule has 8 atom stereocenters. The van der Waals surface area contributed by atoms with Gasteiger partial charge in [-0.3, -0.25) is 9.59 Å². The van der Waals surface area contributed by atoms with E-state index in [1.807, 2.05) is 0 Å². The molecule has 6 heteroatoms. The average molecular weight is 523 g/mol. The summed E-state index contributed by atoms with van der Waals surface area (Å²) in [5.41, 5.74) is -2.09. The van der Waals surface area contributed by atoms with Gasteiger partial charge in [-0.05, 0) is 109 Å². The van der Waals surface area contributed by atoms with E-state index < -0.39 is 17.4 Å². The Morgan fingerprint density at radius 3 is 1.35 bits per heavy atom. The van der Waals surface area contributed by atoms with Gasteiger partial charge >= 0.3 is 11.9 Å². The monoisotopic (exact) mass is 522 g/mol. The van der Waals surface area contributed by atoms with Crippen LogP contribution in [0.15, 0.2) is 0 Å². The average Bonchev–Trinajstić information content (AvgIpc) is 2.84. The molecule has 0 amide bonds. The van der Waals surface area contributed by atoms with Crippen molar-refractivity contribution < 1.29 is 19.8 Å². The Morgan fingerprint density at radius 2 is 1.11 bits per heavy atom. The number of nitrogens with one attached hydrogen (secondary N) is 2. The summed E-state index contributed by atoms with van der Waals surface area (Å²) in [6.45, 7) is 24.5. The van der Waals surface area contributed by atoms with E-state index in [2.05, 4.69) is 79.9 Å². The second-order valence-electron chi connectivity index (χ2n) is 13.8. The standard InChI is InChI=1S/C31H58N2O4/c1-12-27(8)17-22(20(6)29(10,14-3)32-27)24(19-31(16-5,25(34)35)26(36)37)23-18-28(9,13-2)33-30(11,15-4)21(23)7/h20-24,32-33H,12-19H2,1-11H3,(H,34,35)(H,36,37). The SMILES string of the molecule is CCC1(C)CC(C(CC(CC)(C(=O)O)C(=O)O)C2CC(C)(CC)NC(C)(CC)C2C)C(C)C(C)(CC)N1. The molecule has 37 heavy (non-hydrogen) atoms. The zero-order valence-electron chi connectivity index (χ0n) is 25.8. The minimum absolute atomic E-state index is 0.00477. The molecule has 2 saturated heterocycles. The van der Waals surface area contributed by atoms with Gasteiger partial charge in [0, 0.05) is 22.2 Å². The van der Waals surface area contributed by atoms with E-state index in [0.717, 1.165) is 38.5 Å². The van der Waals surface area contributed by atoms with Crippen LogP contribution in [0.3, 0.4) is 0 Å². The number of hydrogen-bond donors (Lipinski definition) is 4. The molecular weight excluding hydrogens is 464 g/mol. The first-order valence-electron chi connectivity index (χ1n) is 15.0. The number of carbonyl (C=O) groups is 2. The van der Waals surface area contributed by atoms with Gasteiger partial charge in [0.05, 0.1) is 0 Å². The van der Waals surface area contributed by atoms with E-state index in [-0.39, 0.29) is 52.8 Å². The van der Waals surface area contributed by atoms with Crippen LogP contribution in [0.4, 0.5) is 0 Å². The van der Waals surface area contributed by atoms with Crippen LogP contribution < -0.4 is 10.6 Å².